The second-order valence-electron chi connectivity index (χ2n) is 3.65. The Kier molecular flexibility index (Phi) is 6.24. The Morgan fingerprint density at radius 2 is 2.11 bits per heavy atom. The smallest absolute Gasteiger partial charge is 0.254 e. The van der Waals surface area contributed by atoms with Gasteiger partial charge < -0.3 is 15.4 Å². The van der Waals surface area contributed by atoms with Crippen molar-refractivity contribution in [1.29, 1.82) is 0 Å². The van der Waals surface area contributed by atoms with E-state index in [1.165, 1.54) is 19.2 Å². The van der Waals surface area contributed by atoms with Gasteiger partial charge in [-0.25, -0.2) is 4.39 Å². The number of nitrogens with one attached hydrogen (secondary N) is 2. The van der Waals surface area contributed by atoms with Gasteiger partial charge in [0.2, 0.25) is 5.91 Å². The van der Waals surface area contributed by atoms with Crippen molar-refractivity contribution in [2.24, 2.45) is 0 Å². The van der Waals surface area contributed by atoms with E-state index in [1.54, 1.807) is 0 Å². The Morgan fingerprint density at radius 3 is 2.79 bits per heavy atom. The highest BCUT2D eigenvalue weighted by Crippen LogP contribution is 2.14. The Labute approximate surface area is 115 Å². The molecule has 0 aromatic heterocycles. The largest absolute Gasteiger partial charge is 0.383 e. The van der Waals surface area contributed by atoms with Crippen LogP contribution in [-0.4, -0.2) is 38.6 Å². The van der Waals surface area contributed by atoms with Crippen LogP contribution in [0.1, 0.15) is 10.4 Å². The molecule has 0 aliphatic heterocycles. The monoisotopic (exact) mass is 288 g/mol. The third-order valence-electron chi connectivity index (χ3n) is 2.21. The lowest BCUT2D eigenvalue weighted by molar-refractivity contribution is -0.120. The third kappa shape index (κ3) is 5.23. The fourth-order valence-corrected chi connectivity index (χ4v) is 1.45. The zero-order chi connectivity index (χ0) is 14.3. The molecule has 104 valence electrons. The lowest BCUT2D eigenvalue weighted by atomic mass is 10.2. The molecule has 5 nitrogen and oxygen atoms in total. The minimum atomic E-state index is -0.693. The molecule has 1 aromatic carbocycles. The first-order valence-corrected chi connectivity index (χ1v) is 5.91. The van der Waals surface area contributed by atoms with Gasteiger partial charge in [-0.05, 0) is 18.2 Å². The molecule has 0 bridgehead atoms. The van der Waals surface area contributed by atoms with Crippen molar-refractivity contribution in [3.63, 3.8) is 0 Å². The maximum atomic E-state index is 13.4. The molecule has 0 heterocycles. The number of halogens is 2. The molecule has 2 amide bonds. The predicted octanol–water partition coefficient (Wildman–Crippen LogP) is 0.972. The molecule has 0 aliphatic rings. The van der Waals surface area contributed by atoms with Gasteiger partial charge in [0, 0.05) is 18.7 Å². The predicted molar refractivity (Wildman–Crippen MR) is 68.6 cm³/mol. The summed E-state index contributed by atoms with van der Waals surface area (Å²) < 4.78 is 18.1. The molecule has 1 aromatic rings. The summed E-state index contributed by atoms with van der Waals surface area (Å²) in [5.74, 6) is -1.77. The van der Waals surface area contributed by atoms with Crippen LogP contribution in [0.25, 0.3) is 0 Å². The zero-order valence-corrected chi connectivity index (χ0v) is 11.1. The first kappa shape index (κ1) is 15.4. The number of carbonyl (C=O) groups excluding carboxylic acids is 2. The average Bonchev–Trinajstić information content (AvgIpc) is 2.39. The average molecular weight is 289 g/mol. The van der Waals surface area contributed by atoms with Crippen molar-refractivity contribution >= 4 is 23.4 Å². The quantitative estimate of drug-likeness (QED) is 0.767. The molecule has 0 saturated carbocycles. The van der Waals surface area contributed by atoms with E-state index in [0.717, 1.165) is 6.07 Å². The van der Waals surface area contributed by atoms with Crippen molar-refractivity contribution in [2.45, 2.75) is 0 Å². The fraction of sp³-hybridized carbons (Fsp3) is 0.333. The minimum Gasteiger partial charge on any atom is -0.383 e. The minimum absolute atomic E-state index is 0.197. The van der Waals surface area contributed by atoms with Gasteiger partial charge >= 0.3 is 0 Å². The molecule has 0 unspecified atom stereocenters. The highest BCUT2D eigenvalue weighted by atomic mass is 35.5. The van der Waals surface area contributed by atoms with Crippen LogP contribution in [0.5, 0.6) is 0 Å². The van der Waals surface area contributed by atoms with Crippen LogP contribution in [0.3, 0.4) is 0 Å². The maximum absolute atomic E-state index is 13.4. The van der Waals surface area contributed by atoms with Crippen molar-refractivity contribution in [3.8, 4) is 0 Å². The van der Waals surface area contributed by atoms with Gasteiger partial charge in [0.05, 0.1) is 18.7 Å². The van der Waals surface area contributed by atoms with E-state index in [4.69, 9.17) is 16.3 Å². The van der Waals surface area contributed by atoms with Gasteiger partial charge in [-0.1, -0.05) is 11.6 Å². The van der Waals surface area contributed by atoms with E-state index >= 15 is 0 Å². The SMILES string of the molecule is COCCNC(=O)CNC(=O)c1cc(Cl)ccc1F. The first-order valence-electron chi connectivity index (χ1n) is 5.53. The van der Waals surface area contributed by atoms with Crippen LogP contribution in [0.15, 0.2) is 18.2 Å². The standard InChI is InChI=1S/C12H14ClFN2O3/c1-19-5-4-15-11(17)7-16-12(18)9-6-8(13)2-3-10(9)14/h2-3,6H,4-5,7H2,1H3,(H,15,17)(H,16,18). The van der Waals surface area contributed by atoms with Crippen LogP contribution < -0.4 is 10.6 Å². The fourth-order valence-electron chi connectivity index (χ4n) is 1.28. The van der Waals surface area contributed by atoms with Crippen LogP contribution in [-0.2, 0) is 9.53 Å². The van der Waals surface area contributed by atoms with Gasteiger partial charge in [0.15, 0.2) is 0 Å². The van der Waals surface area contributed by atoms with Crippen molar-refractivity contribution in [3.05, 3.63) is 34.6 Å². The number of hydrogen-bond acceptors (Lipinski definition) is 3. The molecule has 0 fully saturated rings. The lowest BCUT2D eigenvalue weighted by Gasteiger charge is -2.07. The summed E-state index contributed by atoms with van der Waals surface area (Å²) in [6, 6.07) is 3.64. The molecule has 7 heteroatoms. The highest BCUT2D eigenvalue weighted by molar-refractivity contribution is 6.31. The Balaban J connectivity index is 2.47. The van der Waals surface area contributed by atoms with Crippen LogP contribution >= 0.6 is 11.6 Å². The molecule has 0 radical (unpaired) electrons. The number of carbonyl (C=O) groups is 2. The van der Waals surface area contributed by atoms with Gasteiger partial charge in [0.1, 0.15) is 5.82 Å². The van der Waals surface area contributed by atoms with E-state index in [0.29, 0.717) is 13.2 Å². The van der Waals surface area contributed by atoms with Crippen molar-refractivity contribution in [1.82, 2.24) is 10.6 Å². The molecule has 19 heavy (non-hydrogen) atoms. The van der Waals surface area contributed by atoms with Crippen molar-refractivity contribution in [2.75, 3.05) is 26.8 Å². The van der Waals surface area contributed by atoms with Crippen LogP contribution in [0, 0.1) is 5.82 Å². The zero-order valence-electron chi connectivity index (χ0n) is 10.3. The summed E-state index contributed by atoms with van der Waals surface area (Å²) >= 11 is 5.67. The number of amides is 2. The van der Waals surface area contributed by atoms with Gasteiger partial charge in [-0.15, -0.1) is 0 Å². The summed E-state index contributed by atoms with van der Waals surface area (Å²) in [4.78, 5) is 22.9. The van der Waals surface area contributed by atoms with Crippen molar-refractivity contribution < 1.29 is 18.7 Å². The van der Waals surface area contributed by atoms with E-state index in [-0.39, 0.29) is 23.0 Å². The molecule has 1 rings (SSSR count). The number of methoxy groups -OCH3 is 1. The summed E-state index contributed by atoms with van der Waals surface area (Å²) in [5, 5.41) is 5.07. The van der Waals surface area contributed by atoms with Gasteiger partial charge in [-0.3, -0.25) is 9.59 Å². The van der Waals surface area contributed by atoms with Gasteiger partial charge in [-0.2, -0.15) is 0 Å². The number of ether oxygens (including phenoxy) is 1. The van der Waals surface area contributed by atoms with Gasteiger partial charge in [0.25, 0.3) is 5.91 Å². The third-order valence-corrected chi connectivity index (χ3v) is 2.45. The molecular weight excluding hydrogens is 275 g/mol. The topological polar surface area (TPSA) is 67.4 Å². The molecule has 0 saturated heterocycles. The number of hydrogen-bond donors (Lipinski definition) is 2. The van der Waals surface area contributed by atoms with E-state index in [2.05, 4.69) is 10.6 Å². The summed E-state index contributed by atoms with van der Waals surface area (Å²) in [6.45, 7) is 0.480. The van der Waals surface area contributed by atoms with Crippen LogP contribution in [0.4, 0.5) is 4.39 Å². The summed E-state index contributed by atoms with van der Waals surface area (Å²) in [7, 11) is 1.51. The summed E-state index contributed by atoms with van der Waals surface area (Å²) in [6.07, 6.45) is 0. The normalized spacial score (nSPS) is 10.1. The molecule has 0 aliphatic carbocycles. The summed E-state index contributed by atoms with van der Waals surface area (Å²) in [5.41, 5.74) is -0.197. The molecule has 2 N–H and O–H groups in total. The number of rotatable bonds is 6. The van der Waals surface area contributed by atoms with E-state index in [9.17, 15) is 14.0 Å². The Hall–Kier alpha value is -1.66. The Morgan fingerprint density at radius 1 is 1.37 bits per heavy atom. The van der Waals surface area contributed by atoms with Crippen LogP contribution in [0.2, 0.25) is 5.02 Å². The lowest BCUT2D eigenvalue weighted by Crippen LogP contribution is -2.38. The number of benzene rings is 1. The Bertz CT molecular complexity index is 468. The maximum Gasteiger partial charge on any atom is 0.254 e. The van der Waals surface area contributed by atoms with E-state index in [1.807, 2.05) is 0 Å². The molecule has 0 spiro atoms. The second kappa shape index (κ2) is 7.70. The highest BCUT2D eigenvalue weighted by Gasteiger charge is 2.13. The molecule has 0 atom stereocenters. The molecular formula is C12H14ClFN2O3. The van der Waals surface area contributed by atoms with E-state index < -0.39 is 11.7 Å². The first-order chi connectivity index (χ1) is 9.04. The second-order valence-corrected chi connectivity index (χ2v) is 4.09.